The second-order valence-electron chi connectivity index (χ2n) is 5.06. The van der Waals surface area contributed by atoms with Crippen molar-refractivity contribution in [3.8, 4) is 6.07 Å². The van der Waals surface area contributed by atoms with E-state index in [-0.39, 0.29) is 18.0 Å². The van der Waals surface area contributed by atoms with E-state index in [1.54, 1.807) is 12.3 Å². The standard InChI is InChI=1S/C13H18N4O/c1-13(2,3)17-12(18)9-15-8-10-4-5-16-11(6-10)7-14/h4-6,15H,8-9H2,1-3H3,(H,17,18). The molecule has 0 spiro atoms. The van der Waals surface area contributed by atoms with Crippen LogP contribution in [-0.2, 0) is 11.3 Å². The molecule has 0 bridgehead atoms. The first-order chi connectivity index (χ1) is 8.40. The van der Waals surface area contributed by atoms with Gasteiger partial charge in [-0.2, -0.15) is 5.26 Å². The third-order valence-electron chi connectivity index (χ3n) is 2.07. The Morgan fingerprint density at radius 2 is 2.22 bits per heavy atom. The van der Waals surface area contributed by atoms with E-state index in [2.05, 4.69) is 15.6 Å². The van der Waals surface area contributed by atoms with Gasteiger partial charge >= 0.3 is 0 Å². The van der Waals surface area contributed by atoms with Gasteiger partial charge in [0, 0.05) is 18.3 Å². The van der Waals surface area contributed by atoms with Crippen LogP contribution in [0.3, 0.4) is 0 Å². The van der Waals surface area contributed by atoms with Crippen molar-refractivity contribution in [1.82, 2.24) is 15.6 Å². The van der Waals surface area contributed by atoms with Crippen LogP contribution >= 0.6 is 0 Å². The molecular weight excluding hydrogens is 228 g/mol. The number of nitrogens with one attached hydrogen (secondary N) is 2. The minimum atomic E-state index is -0.219. The van der Waals surface area contributed by atoms with E-state index in [1.807, 2.05) is 32.9 Å². The molecule has 0 aromatic carbocycles. The first-order valence-corrected chi connectivity index (χ1v) is 5.77. The summed E-state index contributed by atoms with van der Waals surface area (Å²) in [6, 6.07) is 5.50. The third-order valence-corrected chi connectivity index (χ3v) is 2.07. The summed E-state index contributed by atoms with van der Waals surface area (Å²) in [6.07, 6.45) is 1.59. The van der Waals surface area contributed by atoms with Crippen molar-refractivity contribution in [2.24, 2.45) is 0 Å². The Bertz CT molecular complexity index is 457. The molecule has 0 aliphatic rings. The molecule has 0 aliphatic carbocycles. The highest BCUT2D eigenvalue weighted by molar-refractivity contribution is 5.78. The molecule has 5 heteroatoms. The number of hydrogen-bond donors (Lipinski definition) is 2. The van der Waals surface area contributed by atoms with Crippen LogP contribution in [0.4, 0.5) is 0 Å². The lowest BCUT2D eigenvalue weighted by molar-refractivity contribution is -0.121. The molecule has 1 rings (SSSR count). The third kappa shape index (κ3) is 5.41. The number of nitrogens with zero attached hydrogens (tertiary/aromatic N) is 2. The molecular formula is C13H18N4O. The summed E-state index contributed by atoms with van der Waals surface area (Å²) in [5, 5.41) is 14.6. The number of rotatable bonds is 4. The number of aromatic nitrogens is 1. The number of pyridine rings is 1. The van der Waals surface area contributed by atoms with Gasteiger partial charge < -0.3 is 10.6 Å². The van der Waals surface area contributed by atoms with Gasteiger partial charge in [0.2, 0.25) is 5.91 Å². The van der Waals surface area contributed by atoms with Crippen molar-refractivity contribution in [2.45, 2.75) is 32.9 Å². The summed E-state index contributed by atoms with van der Waals surface area (Å²) in [4.78, 5) is 15.4. The summed E-state index contributed by atoms with van der Waals surface area (Å²) in [6.45, 7) is 6.60. The average Bonchev–Trinajstić information content (AvgIpc) is 2.27. The zero-order valence-corrected chi connectivity index (χ0v) is 10.9. The van der Waals surface area contributed by atoms with Gasteiger partial charge in [-0.3, -0.25) is 4.79 Å². The first kappa shape index (κ1) is 14.1. The molecule has 0 saturated carbocycles. The summed E-state index contributed by atoms with van der Waals surface area (Å²) in [7, 11) is 0. The Balaban J connectivity index is 2.38. The van der Waals surface area contributed by atoms with Gasteiger partial charge in [-0.05, 0) is 38.5 Å². The summed E-state index contributed by atoms with van der Waals surface area (Å²) >= 11 is 0. The molecule has 5 nitrogen and oxygen atoms in total. The monoisotopic (exact) mass is 246 g/mol. The molecule has 1 aromatic heterocycles. The Hall–Kier alpha value is -1.93. The fraction of sp³-hybridized carbons (Fsp3) is 0.462. The first-order valence-electron chi connectivity index (χ1n) is 5.77. The second kappa shape index (κ2) is 6.12. The average molecular weight is 246 g/mol. The smallest absolute Gasteiger partial charge is 0.234 e. The summed E-state index contributed by atoms with van der Waals surface area (Å²) in [5.41, 5.74) is 1.10. The fourth-order valence-corrected chi connectivity index (χ4v) is 1.43. The number of nitriles is 1. The molecule has 0 fully saturated rings. The van der Waals surface area contributed by atoms with E-state index in [4.69, 9.17) is 5.26 Å². The summed E-state index contributed by atoms with van der Waals surface area (Å²) < 4.78 is 0. The van der Waals surface area contributed by atoms with Crippen molar-refractivity contribution in [2.75, 3.05) is 6.54 Å². The summed E-state index contributed by atoms with van der Waals surface area (Å²) in [5.74, 6) is -0.0444. The van der Waals surface area contributed by atoms with Crippen LogP contribution in [0.1, 0.15) is 32.0 Å². The Labute approximate surface area is 107 Å². The lowest BCUT2D eigenvalue weighted by Gasteiger charge is -2.20. The number of amides is 1. The highest BCUT2D eigenvalue weighted by Gasteiger charge is 2.12. The van der Waals surface area contributed by atoms with Gasteiger partial charge in [-0.15, -0.1) is 0 Å². The predicted octanol–water partition coefficient (Wildman–Crippen LogP) is 0.958. The molecule has 96 valence electrons. The van der Waals surface area contributed by atoms with Crippen LogP contribution in [0.2, 0.25) is 0 Å². The maximum absolute atomic E-state index is 11.5. The molecule has 0 unspecified atom stereocenters. The van der Waals surface area contributed by atoms with Crippen LogP contribution in [0, 0.1) is 11.3 Å². The highest BCUT2D eigenvalue weighted by atomic mass is 16.2. The number of hydrogen-bond acceptors (Lipinski definition) is 4. The maximum Gasteiger partial charge on any atom is 0.234 e. The largest absolute Gasteiger partial charge is 0.350 e. The van der Waals surface area contributed by atoms with Crippen LogP contribution in [0.5, 0.6) is 0 Å². The second-order valence-corrected chi connectivity index (χ2v) is 5.06. The normalized spacial score (nSPS) is 10.8. The molecule has 1 heterocycles. The Kier molecular flexibility index (Phi) is 4.81. The molecule has 0 aliphatic heterocycles. The topological polar surface area (TPSA) is 77.8 Å². The van der Waals surface area contributed by atoms with Gasteiger partial charge in [0.15, 0.2) is 0 Å². The van der Waals surface area contributed by atoms with E-state index in [1.165, 1.54) is 0 Å². The Morgan fingerprint density at radius 1 is 1.50 bits per heavy atom. The van der Waals surface area contributed by atoms with E-state index in [9.17, 15) is 4.79 Å². The van der Waals surface area contributed by atoms with Crippen molar-refractivity contribution in [3.05, 3.63) is 29.6 Å². The quantitative estimate of drug-likeness (QED) is 0.829. The van der Waals surface area contributed by atoms with Crippen LogP contribution in [0.15, 0.2) is 18.3 Å². The Morgan fingerprint density at radius 3 is 2.83 bits per heavy atom. The van der Waals surface area contributed by atoms with Crippen molar-refractivity contribution >= 4 is 5.91 Å². The molecule has 2 N–H and O–H groups in total. The fourth-order valence-electron chi connectivity index (χ4n) is 1.43. The van der Waals surface area contributed by atoms with Crippen molar-refractivity contribution in [1.29, 1.82) is 5.26 Å². The van der Waals surface area contributed by atoms with E-state index < -0.39 is 0 Å². The lowest BCUT2D eigenvalue weighted by atomic mass is 10.1. The van der Waals surface area contributed by atoms with Gasteiger partial charge in [0.1, 0.15) is 11.8 Å². The molecule has 1 amide bonds. The molecule has 0 saturated heterocycles. The zero-order valence-electron chi connectivity index (χ0n) is 10.9. The van der Waals surface area contributed by atoms with Gasteiger partial charge in [0.25, 0.3) is 0 Å². The lowest BCUT2D eigenvalue weighted by Crippen LogP contribution is -2.44. The molecule has 0 radical (unpaired) electrons. The van der Waals surface area contributed by atoms with Crippen LogP contribution < -0.4 is 10.6 Å². The van der Waals surface area contributed by atoms with Crippen LogP contribution in [-0.4, -0.2) is 23.0 Å². The SMILES string of the molecule is CC(C)(C)NC(=O)CNCc1ccnc(C#N)c1. The highest BCUT2D eigenvalue weighted by Crippen LogP contribution is 2.00. The van der Waals surface area contributed by atoms with Crippen molar-refractivity contribution < 1.29 is 4.79 Å². The van der Waals surface area contributed by atoms with E-state index >= 15 is 0 Å². The van der Waals surface area contributed by atoms with Gasteiger partial charge in [-0.1, -0.05) is 0 Å². The van der Waals surface area contributed by atoms with Crippen molar-refractivity contribution in [3.63, 3.8) is 0 Å². The number of carbonyl (C=O) groups is 1. The minimum absolute atomic E-state index is 0.0444. The minimum Gasteiger partial charge on any atom is -0.350 e. The zero-order chi connectivity index (χ0) is 13.6. The van der Waals surface area contributed by atoms with Gasteiger partial charge in [0.05, 0.1) is 6.54 Å². The van der Waals surface area contributed by atoms with Crippen LogP contribution in [0.25, 0.3) is 0 Å². The molecule has 1 aromatic rings. The predicted molar refractivity (Wildman–Crippen MR) is 68.6 cm³/mol. The maximum atomic E-state index is 11.5. The van der Waals surface area contributed by atoms with E-state index in [0.717, 1.165) is 5.56 Å². The van der Waals surface area contributed by atoms with Gasteiger partial charge in [-0.25, -0.2) is 4.98 Å². The number of carbonyl (C=O) groups excluding carboxylic acids is 1. The molecule has 18 heavy (non-hydrogen) atoms. The van der Waals surface area contributed by atoms with E-state index in [0.29, 0.717) is 12.2 Å². The molecule has 0 atom stereocenters.